The zero-order valence-corrected chi connectivity index (χ0v) is 11.5. The largest absolute Gasteiger partial charge is 0.342 e. The number of hydrogen-bond donors (Lipinski definition) is 0. The molecule has 0 atom stereocenters. The lowest BCUT2D eigenvalue weighted by Crippen LogP contribution is -2.26. The summed E-state index contributed by atoms with van der Waals surface area (Å²) in [6.45, 7) is 1.72. The smallest absolute Gasteiger partial charge is 0.222 e. The van der Waals surface area contributed by atoms with Crippen molar-refractivity contribution in [3.8, 4) is 11.3 Å². The first-order chi connectivity index (χ1) is 9.33. The standard InChI is InChI=1S/C15H16N2OS/c18-15-7-4-9-17(15)10-8-14-16-13(11-19-14)12-5-2-1-3-6-12/h1-3,5-6,11H,4,7-10H2. The van der Waals surface area contributed by atoms with Crippen LogP contribution >= 0.6 is 11.3 Å². The maximum atomic E-state index is 11.5. The van der Waals surface area contributed by atoms with E-state index in [4.69, 9.17) is 0 Å². The van der Waals surface area contributed by atoms with Gasteiger partial charge >= 0.3 is 0 Å². The summed E-state index contributed by atoms with van der Waals surface area (Å²) in [7, 11) is 0. The number of aromatic nitrogens is 1. The number of hydrogen-bond acceptors (Lipinski definition) is 3. The van der Waals surface area contributed by atoms with E-state index in [1.807, 2.05) is 23.1 Å². The number of carbonyl (C=O) groups excluding carboxylic acids is 1. The number of nitrogens with zero attached hydrogens (tertiary/aromatic N) is 2. The van der Waals surface area contributed by atoms with Crippen molar-refractivity contribution in [2.75, 3.05) is 13.1 Å². The molecule has 2 heterocycles. The quantitative estimate of drug-likeness (QED) is 0.857. The summed E-state index contributed by atoms with van der Waals surface area (Å²) < 4.78 is 0. The van der Waals surface area contributed by atoms with E-state index in [0.29, 0.717) is 12.3 Å². The minimum Gasteiger partial charge on any atom is -0.342 e. The highest BCUT2D eigenvalue weighted by molar-refractivity contribution is 7.09. The molecule has 1 aromatic carbocycles. The van der Waals surface area contributed by atoms with Crippen LogP contribution in [0.2, 0.25) is 0 Å². The summed E-state index contributed by atoms with van der Waals surface area (Å²) in [6.07, 6.45) is 2.59. The van der Waals surface area contributed by atoms with E-state index >= 15 is 0 Å². The van der Waals surface area contributed by atoms with Crippen molar-refractivity contribution in [1.29, 1.82) is 0 Å². The Hall–Kier alpha value is -1.68. The van der Waals surface area contributed by atoms with Crippen molar-refractivity contribution in [2.45, 2.75) is 19.3 Å². The van der Waals surface area contributed by atoms with Crippen LogP contribution in [-0.4, -0.2) is 28.9 Å². The Morgan fingerprint density at radius 1 is 1.26 bits per heavy atom. The van der Waals surface area contributed by atoms with Crippen LogP contribution in [0, 0.1) is 0 Å². The van der Waals surface area contributed by atoms with Crippen LogP contribution in [0.1, 0.15) is 17.8 Å². The molecule has 1 aliphatic rings. The Balaban J connectivity index is 1.64. The summed E-state index contributed by atoms with van der Waals surface area (Å²) >= 11 is 1.68. The Labute approximate surface area is 116 Å². The van der Waals surface area contributed by atoms with Crippen molar-refractivity contribution in [1.82, 2.24) is 9.88 Å². The van der Waals surface area contributed by atoms with Gasteiger partial charge in [-0.1, -0.05) is 30.3 Å². The van der Waals surface area contributed by atoms with Gasteiger partial charge in [0.05, 0.1) is 10.7 Å². The van der Waals surface area contributed by atoms with Gasteiger partial charge in [0.15, 0.2) is 0 Å². The minimum absolute atomic E-state index is 0.292. The maximum Gasteiger partial charge on any atom is 0.222 e. The van der Waals surface area contributed by atoms with Crippen LogP contribution < -0.4 is 0 Å². The molecule has 1 amide bonds. The highest BCUT2D eigenvalue weighted by atomic mass is 32.1. The predicted molar refractivity (Wildman–Crippen MR) is 77.1 cm³/mol. The molecule has 2 aromatic rings. The first-order valence-electron chi connectivity index (χ1n) is 6.60. The second-order valence-corrected chi connectivity index (χ2v) is 5.67. The zero-order chi connectivity index (χ0) is 13.1. The number of rotatable bonds is 4. The van der Waals surface area contributed by atoms with E-state index < -0.39 is 0 Å². The monoisotopic (exact) mass is 272 g/mol. The molecule has 1 aliphatic heterocycles. The Morgan fingerprint density at radius 3 is 2.84 bits per heavy atom. The fraction of sp³-hybridized carbons (Fsp3) is 0.333. The Kier molecular flexibility index (Phi) is 3.60. The minimum atomic E-state index is 0.292. The first-order valence-corrected chi connectivity index (χ1v) is 7.48. The molecule has 1 saturated heterocycles. The molecule has 98 valence electrons. The number of likely N-dealkylation sites (tertiary alicyclic amines) is 1. The average Bonchev–Trinajstić information content (AvgIpc) is 3.06. The van der Waals surface area contributed by atoms with Gasteiger partial charge in [0.25, 0.3) is 0 Å². The summed E-state index contributed by atoms with van der Waals surface area (Å²) in [5, 5.41) is 3.20. The van der Waals surface area contributed by atoms with E-state index in [9.17, 15) is 4.79 Å². The van der Waals surface area contributed by atoms with E-state index in [-0.39, 0.29) is 0 Å². The fourth-order valence-electron chi connectivity index (χ4n) is 2.34. The molecule has 0 saturated carbocycles. The van der Waals surface area contributed by atoms with Gasteiger partial charge in [-0.15, -0.1) is 11.3 Å². The maximum absolute atomic E-state index is 11.5. The van der Waals surface area contributed by atoms with Crippen molar-refractivity contribution < 1.29 is 4.79 Å². The molecule has 0 aliphatic carbocycles. The lowest BCUT2D eigenvalue weighted by molar-refractivity contribution is -0.127. The summed E-state index contributed by atoms with van der Waals surface area (Å²) in [4.78, 5) is 18.1. The highest BCUT2D eigenvalue weighted by Gasteiger charge is 2.19. The van der Waals surface area contributed by atoms with Crippen LogP contribution in [0.15, 0.2) is 35.7 Å². The van der Waals surface area contributed by atoms with Crippen LogP contribution in [0.4, 0.5) is 0 Å². The van der Waals surface area contributed by atoms with Gasteiger partial charge in [-0.2, -0.15) is 0 Å². The average molecular weight is 272 g/mol. The third-order valence-electron chi connectivity index (χ3n) is 3.39. The Morgan fingerprint density at radius 2 is 2.11 bits per heavy atom. The van der Waals surface area contributed by atoms with Gasteiger partial charge in [-0.05, 0) is 6.42 Å². The second-order valence-electron chi connectivity index (χ2n) is 4.73. The molecule has 0 unspecified atom stereocenters. The van der Waals surface area contributed by atoms with E-state index in [2.05, 4.69) is 22.5 Å². The van der Waals surface area contributed by atoms with Crippen LogP contribution in [0.3, 0.4) is 0 Å². The number of carbonyl (C=O) groups is 1. The summed E-state index contributed by atoms with van der Waals surface area (Å²) in [6, 6.07) is 10.2. The van der Waals surface area contributed by atoms with Crippen molar-refractivity contribution >= 4 is 17.2 Å². The van der Waals surface area contributed by atoms with Crippen molar-refractivity contribution in [3.05, 3.63) is 40.7 Å². The van der Waals surface area contributed by atoms with Gasteiger partial charge in [0.2, 0.25) is 5.91 Å². The molecule has 19 heavy (non-hydrogen) atoms. The van der Waals surface area contributed by atoms with Crippen LogP contribution in [-0.2, 0) is 11.2 Å². The number of amides is 1. The first kappa shape index (κ1) is 12.4. The van der Waals surface area contributed by atoms with E-state index in [1.54, 1.807) is 11.3 Å². The zero-order valence-electron chi connectivity index (χ0n) is 10.7. The molecule has 0 spiro atoms. The van der Waals surface area contributed by atoms with Gasteiger partial charge < -0.3 is 4.90 Å². The third kappa shape index (κ3) is 2.84. The third-order valence-corrected chi connectivity index (χ3v) is 4.30. The van der Waals surface area contributed by atoms with E-state index in [1.165, 1.54) is 0 Å². The number of benzene rings is 1. The van der Waals surface area contributed by atoms with Gasteiger partial charge in [-0.3, -0.25) is 4.79 Å². The molecule has 3 nitrogen and oxygen atoms in total. The molecule has 4 heteroatoms. The van der Waals surface area contributed by atoms with Crippen molar-refractivity contribution in [3.63, 3.8) is 0 Å². The SMILES string of the molecule is O=C1CCCN1CCc1nc(-c2ccccc2)cs1. The highest BCUT2D eigenvalue weighted by Crippen LogP contribution is 2.22. The van der Waals surface area contributed by atoms with E-state index in [0.717, 1.165) is 42.2 Å². The molecule has 0 radical (unpaired) electrons. The molecule has 3 rings (SSSR count). The Bertz CT molecular complexity index is 565. The lowest BCUT2D eigenvalue weighted by Gasteiger charge is -2.13. The molecule has 0 N–H and O–H groups in total. The van der Waals surface area contributed by atoms with Gasteiger partial charge in [-0.25, -0.2) is 4.98 Å². The fourth-order valence-corrected chi connectivity index (χ4v) is 3.13. The summed E-state index contributed by atoms with van der Waals surface area (Å²) in [5.74, 6) is 0.292. The molecular formula is C15H16N2OS. The molecular weight excluding hydrogens is 256 g/mol. The topological polar surface area (TPSA) is 33.2 Å². The normalized spacial score (nSPS) is 15.2. The van der Waals surface area contributed by atoms with Crippen molar-refractivity contribution in [2.24, 2.45) is 0 Å². The predicted octanol–water partition coefficient (Wildman–Crippen LogP) is 2.98. The second kappa shape index (κ2) is 5.53. The van der Waals surface area contributed by atoms with Gasteiger partial charge in [0, 0.05) is 36.9 Å². The molecule has 1 aromatic heterocycles. The summed E-state index contributed by atoms with van der Waals surface area (Å²) in [5.41, 5.74) is 2.19. The van der Waals surface area contributed by atoms with Gasteiger partial charge in [0.1, 0.15) is 0 Å². The number of thiazole rings is 1. The van der Waals surface area contributed by atoms with Crippen LogP contribution in [0.25, 0.3) is 11.3 Å². The lowest BCUT2D eigenvalue weighted by atomic mass is 10.2. The molecule has 0 bridgehead atoms. The van der Waals surface area contributed by atoms with Crippen LogP contribution in [0.5, 0.6) is 0 Å². The molecule has 1 fully saturated rings.